The molecule has 0 saturated heterocycles. The number of hydrogen-bond donors (Lipinski definition) is 2. The standard InChI is InChI=1S/C15H12ClN3OS/c16-11-5-3-6-12(18)15(11)21-9-14(20)19-13-7-2-1-4-10(13)8-17/h1-7H,9,18H2,(H,19,20). The highest BCUT2D eigenvalue weighted by Crippen LogP contribution is 2.32. The molecule has 3 N–H and O–H groups in total. The second-order valence-electron chi connectivity index (χ2n) is 4.15. The highest BCUT2D eigenvalue weighted by Gasteiger charge is 2.10. The average Bonchev–Trinajstić information content (AvgIpc) is 2.47. The molecule has 21 heavy (non-hydrogen) atoms. The van der Waals surface area contributed by atoms with Crippen LogP contribution in [0.4, 0.5) is 11.4 Å². The summed E-state index contributed by atoms with van der Waals surface area (Å²) in [5.74, 6) is -0.0599. The summed E-state index contributed by atoms with van der Waals surface area (Å²) in [6, 6.07) is 14.1. The van der Waals surface area contributed by atoms with Crippen LogP contribution in [-0.4, -0.2) is 11.7 Å². The van der Waals surface area contributed by atoms with E-state index in [1.807, 2.05) is 6.07 Å². The molecule has 0 aliphatic heterocycles. The first-order valence-electron chi connectivity index (χ1n) is 6.07. The van der Waals surface area contributed by atoms with Crippen molar-refractivity contribution in [3.63, 3.8) is 0 Å². The van der Waals surface area contributed by atoms with Crippen LogP contribution in [0.25, 0.3) is 0 Å². The van der Waals surface area contributed by atoms with E-state index in [4.69, 9.17) is 22.6 Å². The minimum atomic E-state index is -0.220. The van der Waals surface area contributed by atoms with Gasteiger partial charge >= 0.3 is 0 Å². The van der Waals surface area contributed by atoms with Crippen molar-refractivity contribution >= 4 is 40.6 Å². The molecule has 0 unspecified atom stereocenters. The fraction of sp³-hybridized carbons (Fsp3) is 0.0667. The number of nitrogens with zero attached hydrogens (tertiary/aromatic N) is 1. The highest BCUT2D eigenvalue weighted by molar-refractivity contribution is 8.00. The fourth-order valence-electron chi connectivity index (χ4n) is 1.69. The van der Waals surface area contributed by atoms with Gasteiger partial charge in [-0.05, 0) is 24.3 Å². The Morgan fingerprint density at radius 3 is 2.76 bits per heavy atom. The van der Waals surface area contributed by atoms with Crippen LogP contribution < -0.4 is 11.1 Å². The number of rotatable bonds is 4. The third-order valence-corrected chi connectivity index (χ3v) is 4.24. The molecule has 106 valence electrons. The minimum absolute atomic E-state index is 0.160. The summed E-state index contributed by atoms with van der Waals surface area (Å²) in [7, 11) is 0. The Bertz CT molecular complexity index is 692. The SMILES string of the molecule is N#Cc1ccccc1NC(=O)CSc1c(N)cccc1Cl. The van der Waals surface area contributed by atoms with E-state index in [-0.39, 0.29) is 11.7 Å². The van der Waals surface area contributed by atoms with Crippen molar-refractivity contribution in [3.05, 3.63) is 53.1 Å². The van der Waals surface area contributed by atoms with Crippen molar-refractivity contribution in [2.24, 2.45) is 0 Å². The van der Waals surface area contributed by atoms with Gasteiger partial charge in [-0.3, -0.25) is 4.79 Å². The summed E-state index contributed by atoms with van der Waals surface area (Å²) in [6.45, 7) is 0. The molecule has 2 aromatic carbocycles. The number of anilines is 2. The number of nitrogens with one attached hydrogen (secondary N) is 1. The molecule has 0 aliphatic carbocycles. The van der Waals surface area contributed by atoms with Gasteiger partial charge in [0.25, 0.3) is 0 Å². The number of nitrogens with two attached hydrogens (primary N) is 1. The molecular weight excluding hydrogens is 306 g/mol. The average molecular weight is 318 g/mol. The second kappa shape index (κ2) is 7.02. The lowest BCUT2D eigenvalue weighted by atomic mass is 10.2. The van der Waals surface area contributed by atoms with Crippen molar-refractivity contribution in [2.75, 3.05) is 16.8 Å². The molecule has 0 aliphatic rings. The number of benzene rings is 2. The summed E-state index contributed by atoms with van der Waals surface area (Å²) in [5.41, 5.74) is 7.29. The zero-order chi connectivity index (χ0) is 15.2. The van der Waals surface area contributed by atoms with Gasteiger partial charge in [-0.2, -0.15) is 5.26 Å². The molecule has 0 atom stereocenters. The van der Waals surface area contributed by atoms with Gasteiger partial charge in [0.05, 0.1) is 22.0 Å². The van der Waals surface area contributed by atoms with Gasteiger partial charge in [0.1, 0.15) is 6.07 Å². The van der Waals surface area contributed by atoms with E-state index in [1.54, 1.807) is 42.5 Å². The Labute approximate surface area is 131 Å². The number of para-hydroxylation sites is 1. The monoisotopic (exact) mass is 317 g/mol. The molecule has 2 aromatic rings. The van der Waals surface area contributed by atoms with Crippen LogP contribution in [-0.2, 0) is 4.79 Å². The fourth-order valence-corrected chi connectivity index (χ4v) is 2.83. The molecule has 0 bridgehead atoms. The van der Waals surface area contributed by atoms with Gasteiger partial charge in [-0.15, -0.1) is 11.8 Å². The van der Waals surface area contributed by atoms with Crippen molar-refractivity contribution in [3.8, 4) is 6.07 Å². The van der Waals surface area contributed by atoms with E-state index in [0.717, 1.165) is 0 Å². The lowest BCUT2D eigenvalue weighted by Crippen LogP contribution is -2.15. The Morgan fingerprint density at radius 1 is 1.29 bits per heavy atom. The molecule has 0 radical (unpaired) electrons. The predicted molar refractivity (Wildman–Crippen MR) is 86.4 cm³/mol. The van der Waals surface area contributed by atoms with Crippen molar-refractivity contribution in [1.82, 2.24) is 0 Å². The summed E-state index contributed by atoms with van der Waals surface area (Å²) >= 11 is 7.31. The van der Waals surface area contributed by atoms with Crippen LogP contribution in [0.3, 0.4) is 0 Å². The third-order valence-electron chi connectivity index (χ3n) is 2.67. The Hall–Kier alpha value is -2.16. The van der Waals surface area contributed by atoms with Gasteiger partial charge < -0.3 is 11.1 Å². The summed E-state index contributed by atoms with van der Waals surface area (Å²) < 4.78 is 0. The maximum atomic E-state index is 12.0. The van der Waals surface area contributed by atoms with Crippen LogP contribution in [0, 0.1) is 11.3 Å². The lowest BCUT2D eigenvalue weighted by molar-refractivity contribution is -0.113. The summed E-state index contributed by atoms with van der Waals surface area (Å²) in [6.07, 6.45) is 0. The van der Waals surface area contributed by atoms with Crippen LogP contribution in [0.1, 0.15) is 5.56 Å². The van der Waals surface area contributed by atoms with Gasteiger partial charge in [-0.1, -0.05) is 29.8 Å². The maximum absolute atomic E-state index is 12.0. The van der Waals surface area contributed by atoms with E-state index in [2.05, 4.69) is 5.32 Å². The molecular formula is C15H12ClN3OS. The topological polar surface area (TPSA) is 78.9 Å². The number of carbonyl (C=O) groups excluding carboxylic acids is 1. The van der Waals surface area contributed by atoms with E-state index in [1.165, 1.54) is 11.8 Å². The first-order valence-corrected chi connectivity index (χ1v) is 7.44. The number of amides is 1. The van der Waals surface area contributed by atoms with Crippen LogP contribution >= 0.6 is 23.4 Å². The normalized spacial score (nSPS) is 9.90. The van der Waals surface area contributed by atoms with Crippen molar-refractivity contribution in [2.45, 2.75) is 4.90 Å². The molecule has 6 heteroatoms. The molecule has 0 aromatic heterocycles. The Kier molecular flexibility index (Phi) is 5.09. The number of thioether (sulfide) groups is 1. The van der Waals surface area contributed by atoms with E-state index in [0.29, 0.717) is 26.9 Å². The molecule has 0 heterocycles. The number of hydrogen-bond acceptors (Lipinski definition) is 4. The Balaban J connectivity index is 2.02. The Morgan fingerprint density at radius 2 is 2.05 bits per heavy atom. The first-order chi connectivity index (χ1) is 10.1. The second-order valence-corrected chi connectivity index (χ2v) is 5.55. The van der Waals surface area contributed by atoms with Gasteiger partial charge in [0.15, 0.2) is 0 Å². The summed E-state index contributed by atoms with van der Waals surface area (Å²) in [4.78, 5) is 12.6. The zero-order valence-electron chi connectivity index (χ0n) is 11.0. The molecule has 1 amide bonds. The van der Waals surface area contributed by atoms with E-state index < -0.39 is 0 Å². The largest absolute Gasteiger partial charge is 0.398 e. The molecule has 0 fully saturated rings. The first kappa shape index (κ1) is 15.2. The molecule has 4 nitrogen and oxygen atoms in total. The molecule has 0 spiro atoms. The van der Waals surface area contributed by atoms with Crippen LogP contribution in [0.15, 0.2) is 47.4 Å². The van der Waals surface area contributed by atoms with Crippen molar-refractivity contribution in [1.29, 1.82) is 5.26 Å². The molecule has 2 rings (SSSR count). The van der Waals surface area contributed by atoms with Gasteiger partial charge in [0.2, 0.25) is 5.91 Å². The maximum Gasteiger partial charge on any atom is 0.234 e. The highest BCUT2D eigenvalue weighted by atomic mass is 35.5. The quantitative estimate of drug-likeness (QED) is 0.668. The van der Waals surface area contributed by atoms with E-state index in [9.17, 15) is 4.79 Å². The van der Waals surface area contributed by atoms with Crippen LogP contribution in [0.2, 0.25) is 5.02 Å². The number of nitrogen functional groups attached to an aromatic ring is 1. The predicted octanol–water partition coefficient (Wildman–Crippen LogP) is 3.52. The van der Waals surface area contributed by atoms with Crippen LogP contribution in [0.5, 0.6) is 0 Å². The minimum Gasteiger partial charge on any atom is -0.398 e. The van der Waals surface area contributed by atoms with Gasteiger partial charge in [0, 0.05) is 10.6 Å². The lowest BCUT2D eigenvalue weighted by Gasteiger charge is -2.09. The third kappa shape index (κ3) is 3.91. The number of halogens is 1. The van der Waals surface area contributed by atoms with Gasteiger partial charge in [-0.25, -0.2) is 0 Å². The zero-order valence-corrected chi connectivity index (χ0v) is 12.5. The smallest absolute Gasteiger partial charge is 0.234 e. The summed E-state index contributed by atoms with van der Waals surface area (Å²) in [5, 5.41) is 12.2. The molecule has 0 saturated carbocycles. The van der Waals surface area contributed by atoms with E-state index >= 15 is 0 Å². The number of nitriles is 1. The number of carbonyl (C=O) groups is 1. The van der Waals surface area contributed by atoms with Crippen molar-refractivity contribution < 1.29 is 4.79 Å².